The number of anilines is 1. The standard InChI is InChI=1S/C18H12FN3O3/c19-13-5-6-15(22(24)25)12-7-9-20-17(16(12)13)18(23)21-10-8-11-3-1-2-4-14(11)21/h1-7,9H,8,10H2. The predicted octanol–water partition coefficient (Wildman–Crippen LogP) is 3.49. The second kappa shape index (κ2) is 5.62. The molecule has 2 aromatic carbocycles. The van der Waals surface area contributed by atoms with E-state index >= 15 is 0 Å². The topological polar surface area (TPSA) is 76.3 Å². The summed E-state index contributed by atoms with van der Waals surface area (Å²) in [6.45, 7) is 0.465. The monoisotopic (exact) mass is 337 g/mol. The molecule has 0 spiro atoms. The van der Waals surface area contributed by atoms with Crippen LogP contribution in [0.1, 0.15) is 16.1 Å². The molecule has 25 heavy (non-hydrogen) atoms. The van der Waals surface area contributed by atoms with E-state index in [0.29, 0.717) is 13.0 Å². The van der Waals surface area contributed by atoms with E-state index in [-0.39, 0.29) is 22.2 Å². The maximum Gasteiger partial charge on any atom is 0.277 e. The third-order valence-corrected chi connectivity index (χ3v) is 4.38. The van der Waals surface area contributed by atoms with Gasteiger partial charge in [-0.2, -0.15) is 0 Å². The molecule has 1 amide bonds. The molecule has 124 valence electrons. The Morgan fingerprint density at radius 2 is 2.00 bits per heavy atom. The molecule has 4 rings (SSSR count). The number of carbonyl (C=O) groups is 1. The summed E-state index contributed by atoms with van der Waals surface area (Å²) in [6.07, 6.45) is 2.00. The lowest BCUT2D eigenvalue weighted by Gasteiger charge is -2.17. The van der Waals surface area contributed by atoms with Crippen molar-refractivity contribution in [2.45, 2.75) is 6.42 Å². The zero-order chi connectivity index (χ0) is 17.6. The van der Waals surface area contributed by atoms with Crippen LogP contribution in [0.5, 0.6) is 0 Å². The normalized spacial score (nSPS) is 13.1. The van der Waals surface area contributed by atoms with Gasteiger partial charge in [-0.15, -0.1) is 0 Å². The molecule has 1 aromatic heterocycles. The van der Waals surface area contributed by atoms with E-state index < -0.39 is 16.6 Å². The van der Waals surface area contributed by atoms with Crippen LogP contribution in [0.4, 0.5) is 15.8 Å². The SMILES string of the molecule is O=C(c1nccc2c([N+](=O)[O-])ccc(F)c12)N1CCc2ccccc21. The third-order valence-electron chi connectivity index (χ3n) is 4.38. The second-order valence-electron chi connectivity index (χ2n) is 5.74. The van der Waals surface area contributed by atoms with Crippen LogP contribution in [0, 0.1) is 15.9 Å². The molecule has 0 unspecified atom stereocenters. The van der Waals surface area contributed by atoms with Gasteiger partial charge in [-0.05, 0) is 30.2 Å². The van der Waals surface area contributed by atoms with Crippen LogP contribution in [0.2, 0.25) is 0 Å². The summed E-state index contributed by atoms with van der Waals surface area (Å²) >= 11 is 0. The summed E-state index contributed by atoms with van der Waals surface area (Å²) < 4.78 is 14.4. The molecular weight excluding hydrogens is 325 g/mol. The minimum absolute atomic E-state index is 0.0656. The van der Waals surface area contributed by atoms with Gasteiger partial charge in [0.2, 0.25) is 0 Å². The summed E-state index contributed by atoms with van der Waals surface area (Å²) in [5, 5.41) is 11.1. The molecular formula is C18H12FN3O3. The highest BCUT2D eigenvalue weighted by molar-refractivity contribution is 6.14. The number of amides is 1. The maximum absolute atomic E-state index is 14.4. The molecule has 1 aliphatic heterocycles. The van der Waals surface area contributed by atoms with E-state index in [4.69, 9.17) is 0 Å². The first-order valence-electron chi connectivity index (χ1n) is 7.69. The second-order valence-corrected chi connectivity index (χ2v) is 5.74. The Morgan fingerprint density at radius 3 is 2.80 bits per heavy atom. The van der Waals surface area contributed by atoms with Gasteiger partial charge in [-0.3, -0.25) is 19.9 Å². The van der Waals surface area contributed by atoms with Crippen molar-refractivity contribution >= 4 is 28.1 Å². The number of non-ortho nitro benzene ring substituents is 1. The average Bonchev–Trinajstić information content (AvgIpc) is 3.05. The van der Waals surface area contributed by atoms with Gasteiger partial charge < -0.3 is 4.90 Å². The van der Waals surface area contributed by atoms with Crippen molar-refractivity contribution in [1.82, 2.24) is 4.98 Å². The van der Waals surface area contributed by atoms with Crippen LogP contribution in [-0.4, -0.2) is 22.4 Å². The highest BCUT2D eigenvalue weighted by atomic mass is 19.1. The van der Waals surface area contributed by atoms with E-state index in [0.717, 1.165) is 23.4 Å². The van der Waals surface area contributed by atoms with E-state index in [2.05, 4.69) is 4.98 Å². The number of pyridine rings is 1. The van der Waals surface area contributed by atoms with Crippen LogP contribution in [0.25, 0.3) is 10.8 Å². The molecule has 0 fully saturated rings. The lowest BCUT2D eigenvalue weighted by molar-refractivity contribution is -0.383. The fourth-order valence-electron chi connectivity index (χ4n) is 3.24. The Hall–Kier alpha value is -3.35. The number of fused-ring (bicyclic) bond motifs is 2. The van der Waals surface area contributed by atoms with Crippen LogP contribution in [0.3, 0.4) is 0 Å². The first kappa shape index (κ1) is 15.2. The number of rotatable bonds is 2. The van der Waals surface area contributed by atoms with Crippen molar-refractivity contribution in [2.24, 2.45) is 0 Å². The molecule has 0 bridgehead atoms. The highest BCUT2D eigenvalue weighted by Gasteiger charge is 2.29. The van der Waals surface area contributed by atoms with Gasteiger partial charge in [0.25, 0.3) is 11.6 Å². The quantitative estimate of drug-likeness (QED) is 0.530. The Bertz CT molecular complexity index is 1040. The van der Waals surface area contributed by atoms with E-state index in [1.807, 2.05) is 24.3 Å². The lowest BCUT2D eigenvalue weighted by atomic mass is 10.1. The minimum atomic E-state index is -0.704. The van der Waals surface area contributed by atoms with Crippen LogP contribution < -0.4 is 4.90 Å². The minimum Gasteiger partial charge on any atom is -0.306 e. The fraction of sp³-hybridized carbons (Fsp3) is 0.111. The van der Waals surface area contributed by atoms with Crippen molar-refractivity contribution in [3.8, 4) is 0 Å². The van der Waals surface area contributed by atoms with Crippen LogP contribution in [0.15, 0.2) is 48.7 Å². The largest absolute Gasteiger partial charge is 0.306 e. The predicted molar refractivity (Wildman–Crippen MR) is 90.2 cm³/mol. The molecule has 2 heterocycles. The number of aromatic nitrogens is 1. The summed E-state index contributed by atoms with van der Waals surface area (Å²) in [5.74, 6) is -1.17. The number of benzene rings is 2. The molecule has 0 N–H and O–H groups in total. The van der Waals surface area contributed by atoms with Crippen LogP contribution >= 0.6 is 0 Å². The number of nitro benzene ring substituents is 1. The van der Waals surface area contributed by atoms with Gasteiger partial charge >= 0.3 is 0 Å². The number of nitro groups is 1. The molecule has 0 saturated heterocycles. The summed E-state index contributed by atoms with van der Waals surface area (Å²) in [6, 6.07) is 10.9. The van der Waals surface area contributed by atoms with E-state index in [1.165, 1.54) is 17.2 Å². The Morgan fingerprint density at radius 1 is 1.20 bits per heavy atom. The van der Waals surface area contributed by atoms with Gasteiger partial charge in [0.15, 0.2) is 0 Å². The molecule has 0 aliphatic carbocycles. The average molecular weight is 337 g/mol. The molecule has 0 atom stereocenters. The van der Waals surface area contributed by atoms with Gasteiger partial charge in [-0.1, -0.05) is 18.2 Å². The third kappa shape index (κ3) is 2.32. The van der Waals surface area contributed by atoms with Crippen molar-refractivity contribution in [1.29, 1.82) is 0 Å². The van der Waals surface area contributed by atoms with Crippen molar-refractivity contribution in [3.63, 3.8) is 0 Å². The molecule has 1 aliphatic rings. The van der Waals surface area contributed by atoms with Gasteiger partial charge in [0.1, 0.15) is 11.5 Å². The number of nitrogens with zero attached hydrogens (tertiary/aromatic N) is 3. The highest BCUT2D eigenvalue weighted by Crippen LogP contribution is 2.33. The molecule has 0 radical (unpaired) electrons. The van der Waals surface area contributed by atoms with E-state index in [9.17, 15) is 19.3 Å². The number of hydrogen-bond acceptors (Lipinski definition) is 4. The van der Waals surface area contributed by atoms with E-state index in [1.54, 1.807) is 0 Å². The van der Waals surface area contributed by atoms with Gasteiger partial charge in [0, 0.05) is 24.5 Å². The first-order chi connectivity index (χ1) is 12.1. The smallest absolute Gasteiger partial charge is 0.277 e. The maximum atomic E-state index is 14.4. The lowest BCUT2D eigenvalue weighted by Crippen LogP contribution is -2.30. The molecule has 7 heteroatoms. The van der Waals surface area contributed by atoms with Crippen molar-refractivity contribution in [3.05, 3.63) is 75.9 Å². The first-order valence-corrected chi connectivity index (χ1v) is 7.69. The van der Waals surface area contributed by atoms with Crippen molar-refractivity contribution < 1.29 is 14.1 Å². The number of hydrogen-bond donors (Lipinski definition) is 0. The summed E-state index contributed by atoms with van der Waals surface area (Å²) in [7, 11) is 0. The zero-order valence-electron chi connectivity index (χ0n) is 13.0. The number of halogens is 1. The fourth-order valence-corrected chi connectivity index (χ4v) is 3.24. The number of carbonyl (C=O) groups excluding carboxylic acids is 1. The van der Waals surface area contributed by atoms with Crippen LogP contribution in [-0.2, 0) is 6.42 Å². The van der Waals surface area contributed by atoms with Gasteiger partial charge in [0.05, 0.1) is 15.7 Å². The Balaban J connectivity index is 1.89. The summed E-state index contributed by atoms with van der Waals surface area (Å²) in [5.41, 5.74) is 1.42. The molecule has 6 nitrogen and oxygen atoms in total. The van der Waals surface area contributed by atoms with Crippen molar-refractivity contribution in [2.75, 3.05) is 11.4 Å². The summed E-state index contributed by atoms with van der Waals surface area (Å²) in [4.78, 5) is 29.2. The molecule has 3 aromatic rings. The zero-order valence-corrected chi connectivity index (χ0v) is 13.0. The molecule has 0 saturated carbocycles. The van der Waals surface area contributed by atoms with Gasteiger partial charge in [-0.25, -0.2) is 4.39 Å². The Kier molecular flexibility index (Phi) is 3.42. The Labute approximate surface area is 141 Å². The number of para-hydroxylation sites is 1.